The van der Waals surface area contributed by atoms with E-state index in [9.17, 15) is 0 Å². The van der Waals surface area contributed by atoms with Gasteiger partial charge in [0.05, 0.1) is 12.8 Å². The summed E-state index contributed by atoms with van der Waals surface area (Å²) >= 11 is 6.93. The fourth-order valence-corrected chi connectivity index (χ4v) is 2.98. The van der Waals surface area contributed by atoms with Gasteiger partial charge in [0, 0.05) is 27.7 Å². The highest BCUT2D eigenvalue weighted by molar-refractivity contribution is 9.11. The van der Waals surface area contributed by atoms with E-state index in [-0.39, 0.29) is 6.04 Å². The molecule has 1 atom stereocenters. The fraction of sp³-hybridized carbons (Fsp3) is 0.267. The zero-order chi connectivity index (χ0) is 14.5. The van der Waals surface area contributed by atoms with Gasteiger partial charge in [0.1, 0.15) is 5.75 Å². The second-order valence-electron chi connectivity index (χ2n) is 4.46. The number of hydrogen-bond acceptors (Lipinski definition) is 3. The monoisotopic (exact) mass is 398 g/mol. The average molecular weight is 400 g/mol. The molecule has 1 aromatic carbocycles. The maximum atomic E-state index is 5.25. The lowest BCUT2D eigenvalue weighted by molar-refractivity contribution is 0.413. The van der Waals surface area contributed by atoms with Crippen molar-refractivity contribution in [3.05, 3.63) is 56.7 Å². The molecule has 0 saturated carbocycles. The van der Waals surface area contributed by atoms with Crippen LogP contribution in [0.15, 0.2) is 45.5 Å². The molecule has 0 amide bonds. The number of nitrogens with one attached hydrogen (secondary N) is 1. The maximum absolute atomic E-state index is 5.25. The third-order valence-electron chi connectivity index (χ3n) is 3.05. The highest BCUT2D eigenvalue weighted by atomic mass is 79.9. The van der Waals surface area contributed by atoms with Crippen molar-refractivity contribution in [3.8, 4) is 5.75 Å². The van der Waals surface area contributed by atoms with E-state index in [4.69, 9.17) is 4.74 Å². The van der Waals surface area contributed by atoms with Crippen molar-refractivity contribution in [1.29, 1.82) is 0 Å². The molecule has 1 aromatic heterocycles. The fourth-order valence-electron chi connectivity index (χ4n) is 1.85. The van der Waals surface area contributed by atoms with Crippen LogP contribution in [0.25, 0.3) is 0 Å². The summed E-state index contributed by atoms with van der Waals surface area (Å²) in [6, 6.07) is 10.3. The summed E-state index contributed by atoms with van der Waals surface area (Å²) in [5, 5.41) is 3.46. The van der Waals surface area contributed by atoms with Crippen LogP contribution in [0.3, 0.4) is 0 Å². The molecular formula is C15H16Br2N2O. The highest BCUT2D eigenvalue weighted by Crippen LogP contribution is 2.22. The average Bonchev–Trinajstić information content (AvgIpc) is 2.46. The van der Waals surface area contributed by atoms with Crippen LogP contribution in [0.5, 0.6) is 5.75 Å². The van der Waals surface area contributed by atoms with Crippen LogP contribution in [-0.4, -0.2) is 12.1 Å². The lowest BCUT2D eigenvalue weighted by Crippen LogP contribution is -2.19. The Hall–Kier alpha value is -0.910. The number of aromatic nitrogens is 1. The molecule has 1 unspecified atom stereocenters. The topological polar surface area (TPSA) is 34.1 Å². The first-order valence-corrected chi connectivity index (χ1v) is 7.86. The minimum absolute atomic E-state index is 0.224. The van der Waals surface area contributed by atoms with Gasteiger partial charge in [-0.3, -0.25) is 4.98 Å². The zero-order valence-electron chi connectivity index (χ0n) is 11.4. The standard InChI is InChI=1S/C15H16Br2N2O/c1-10(11-4-3-5-13(6-11)20-2)18-9-15-14(17)7-12(16)8-19-15/h3-8,10,18H,9H2,1-2H3. The molecule has 0 radical (unpaired) electrons. The molecule has 1 heterocycles. The van der Waals surface area contributed by atoms with Crippen molar-refractivity contribution < 1.29 is 4.74 Å². The Morgan fingerprint density at radius 3 is 2.80 bits per heavy atom. The number of halogens is 2. The number of rotatable bonds is 5. The number of methoxy groups -OCH3 is 1. The SMILES string of the molecule is COc1cccc(C(C)NCc2ncc(Br)cc2Br)c1. The number of benzene rings is 1. The van der Waals surface area contributed by atoms with Gasteiger partial charge in [0.25, 0.3) is 0 Å². The first-order chi connectivity index (χ1) is 9.60. The van der Waals surface area contributed by atoms with Gasteiger partial charge in [-0.2, -0.15) is 0 Å². The molecule has 20 heavy (non-hydrogen) atoms. The van der Waals surface area contributed by atoms with Gasteiger partial charge in [-0.25, -0.2) is 0 Å². The Kier molecular flexibility index (Phi) is 5.57. The molecule has 0 aliphatic carbocycles. The Morgan fingerprint density at radius 2 is 2.10 bits per heavy atom. The van der Waals surface area contributed by atoms with E-state index in [2.05, 4.69) is 55.2 Å². The van der Waals surface area contributed by atoms with Gasteiger partial charge in [-0.05, 0) is 62.5 Å². The van der Waals surface area contributed by atoms with E-state index >= 15 is 0 Å². The van der Waals surface area contributed by atoms with Crippen molar-refractivity contribution in [2.45, 2.75) is 19.5 Å². The molecular weight excluding hydrogens is 384 g/mol. The van der Waals surface area contributed by atoms with Crippen LogP contribution in [0.1, 0.15) is 24.2 Å². The predicted molar refractivity (Wildman–Crippen MR) is 87.9 cm³/mol. The summed E-state index contributed by atoms with van der Waals surface area (Å²) in [5.74, 6) is 0.874. The van der Waals surface area contributed by atoms with Crippen molar-refractivity contribution in [2.75, 3.05) is 7.11 Å². The van der Waals surface area contributed by atoms with Gasteiger partial charge >= 0.3 is 0 Å². The van der Waals surface area contributed by atoms with Gasteiger partial charge in [-0.15, -0.1) is 0 Å². The quantitative estimate of drug-likeness (QED) is 0.805. The summed E-state index contributed by atoms with van der Waals surface area (Å²) in [6.45, 7) is 2.83. The molecule has 1 N–H and O–H groups in total. The van der Waals surface area contributed by atoms with Crippen molar-refractivity contribution in [3.63, 3.8) is 0 Å². The molecule has 0 bridgehead atoms. The Labute approximate surface area is 136 Å². The lowest BCUT2D eigenvalue weighted by atomic mass is 10.1. The second kappa shape index (κ2) is 7.20. The van der Waals surface area contributed by atoms with Gasteiger partial charge in [-0.1, -0.05) is 12.1 Å². The highest BCUT2D eigenvalue weighted by Gasteiger charge is 2.08. The molecule has 0 saturated heterocycles. The van der Waals surface area contributed by atoms with Crippen LogP contribution in [0.4, 0.5) is 0 Å². The van der Waals surface area contributed by atoms with E-state index in [0.717, 1.165) is 20.4 Å². The maximum Gasteiger partial charge on any atom is 0.119 e. The molecule has 2 rings (SSSR count). The molecule has 0 aliphatic rings. The molecule has 0 aliphatic heterocycles. The van der Waals surface area contributed by atoms with E-state index < -0.39 is 0 Å². The van der Waals surface area contributed by atoms with Crippen LogP contribution in [-0.2, 0) is 6.54 Å². The van der Waals surface area contributed by atoms with Crippen LogP contribution >= 0.6 is 31.9 Å². The Balaban J connectivity index is 2.02. The zero-order valence-corrected chi connectivity index (χ0v) is 14.5. The van der Waals surface area contributed by atoms with Gasteiger partial charge in [0.15, 0.2) is 0 Å². The summed E-state index contributed by atoms with van der Waals surface area (Å²) < 4.78 is 7.21. The largest absolute Gasteiger partial charge is 0.497 e. The minimum Gasteiger partial charge on any atom is -0.497 e. The molecule has 0 fully saturated rings. The first kappa shape index (κ1) is 15.5. The summed E-state index contributed by atoms with van der Waals surface area (Å²) in [6.07, 6.45) is 1.80. The third-order valence-corrected chi connectivity index (χ3v) is 4.17. The molecule has 5 heteroatoms. The van der Waals surface area contributed by atoms with Crippen LogP contribution in [0, 0.1) is 0 Å². The van der Waals surface area contributed by atoms with Crippen LogP contribution in [0.2, 0.25) is 0 Å². The van der Waals surface area contributed by atoms with Crippen LogP contribution < -0.4 is 10.1 Å². The van der Waals surface area contributed by atoms with Crippen molar-refractivity contribution >= 4 is 31.9 Å². The summed E-state index contributed by atoms with van der Waals surface area (Å²) in [5.41, 5.74) is 2.18. The lowest BCUT2D eigenvalue weighted by Gasteiger charge is -2.15. The van der Waals surface area contributed by atoms with E-state index in [1.54, 1.807) is 13.3 Å². The Morgan fingerprint density at radius 1 is 1.30 bits per heavy atom. The minimum atomic E-state index is 0.224. The normalized spacial score (nSPS) is 12.2. The number of nitrogens with zero attached hydrogens (tertiary/aromatic N) is 1. The molecule has 0 spiro atoms. The van der Waals surface area contributed by atoms with Crippen molar-refractivity contribution in [1.82, 2.24) is 10.3 Å². The first-order valence-electron chi connectivity index (χ1n) is 6.27. The van der Waals surface area contributed by atoms with Gasteiger partial charge in [0.2, 0.25) is 0 Å². The van der Waals surface area contributed by atoms with Gasteiger partial charge < -0.3 is 10.1 Å². The smallest absolute Gasteiger partial charge is 0.119 e. The van der Waals surface area contributed by atoms with Crippen molar-refractivity contribution in [2.24, 2.45) is 0 Å². The second-order valence-corrected chi connectivity index (χ2v) is 6.23. The third kappa shape index (κ3) is 4.04. The predicted octanol–water partition coefficient (Wildman–Crippen LogP) is 4.47. The molecule has 2 aromatic rings. The van der Waals surface area contributed by atoms with E-state index in [0.29, 0.717) is 6.54 Å². The molecule has 106 valence electrons. The number of hydrogen-bond donors (Lipinski definition) is 1. The molecule has 3 nitrogen and oxygen atoms in total. The number of pyridine rings is 1. The summed E-state index contributed by atoms with van der Waals surface area (Å²) in [4.78, 5) is 4.40. The number of ether oxygens (including phenoxy) is 1. The van der Waals surface area contributed by atoms with E-state index in [1.807, 2.05) is 24.3 Å². The Bertz CT molecular complexity index is 590. The summed E-state index contributed by atoms with van der Waals surface area (Å²) in [7, 11) is 1.68. The van der Waals surface area contributed by atoms with E-state index in [1.165, 1.54) is 5.56 Å².